The van der Waals surface area contributed by atoms with Crippen molar-refractivity contribution in [2.45, 2.75) is 75.7 Å². The summed E-state index contributed by atoms with van der Waals surface area (Å²) < 4.78 is 6.42. The maximum absolute atomic E-state index is 12.3. The fourth-order valence-electron chi connectivity index (χ4n) is 5.56. The van der Waals surface area contributed by atoms with Crippen LogP contribution in [0.1, 0.15) is 63.6 Å². The lowest BCUT2D eigenvalue weighted by atomic mass is 9.79. The Hall–Kier alpha value is -1.77. The third-order valence-electron chi connectivity index (χ3n) is 7.94. The highest BCUT2D eigenvalue weighted by molar-refractivity contribution is 5.81. The van der Waals surface area contributed by atoms with Gasteiger partial charge in [0.2, 0.25) is 5.91 Å². The molecule has 0 aromatic carbocycles. The molecule has 5 aliphatic rings. The van der Waals surface area contributed by atoms with Crippen molar-refractivity contribution in [2.75, 3.05) is 31.1 Å². The van der Waals surface area contributed by atoms with Crippen molar-refractivity contribution < 1.29 is 9.53 Å². The molecule has 3 aliphatic carbocycles. The molecule has 1 amide bonds. The SMILES string of the molecule is CC1(OC2CCC3NNC(c4cc(N5CCN(C(=O)C6CC6)CC5)ncn4)C3C2)CC1. The van der Waals surface area contributed by atoms with Crippen LogP contribution in [-0.2, 0) is 9.53 Å². The van der Waals surface area contributed by atoms with Gasteiger partial charge in [-0.3, -0.25) is 10.2 Å². The zero-order chi connectivity index (χ0) is 21.0. The first-order chi connectivity index (χ1) is 15.1. The van der Waals surface area contributed by atoms with E-state index in [9.17, 15) is 4.79 Å². The molecule has 0 spiro atoms. The standard InChI is InChI=1S/C23H34N6O2/c1-23(6-7-23)31-16-4-5-18-17(12-16)21(27-26-18)19-13-20(25-14-24-19)28-8-10-29(11-9-28)22(30)15-2-3-15/h13-18,21,26-27H,2-12H2,1H3. The third-order valence-corrected chi connectivity index (χ3v) is 7.94. The monoisotopic (exact) mass is 426 g/mol. The zero-order valence-corrected chi connectivity index (χ0v) is 18.4. The second kappa shape index (κ2) is 7.67. The van der Waals surface area contributed by atoms with Gasteiger partial charge in [-0.1, -0.05) is 0 Å². The molecule has 4 atom stereocenters. The van der Waals surface area contributed by atoms with Gasteiger partial charge >= 0.3 is 0 Å². The molecule has 1 aromatic rings. The second-order valence-corrected chi connectivity index (χ2v) is 10.4. The Kier molecular flexibility index (Phi) is 4.92. The molecule has 0 bridgehead atoms. The van der Waals surface area contributed by atoms with Crippen LogP contribution >= 0.6 is 0 Å². The van der Waals surface area contributed by atoms with Crippen molar-refractivity contribution in [3.8, 4) is 0 Å². The average molecular weight is 427 g/mol. The van der Waals surface area contributed by atoms with Gasteiger partial charge in [0.05, 0.1) is 23.4 Å². The Bertz CT molecular complexity index is 833. The Balaban J connectivity index is 1.12. The summed E-state index contributed by atoms with van der Waals surface area (Å²) in [4.78, 5) is 25.9. The Morgan fingerprint density at radius 2 is 1.90 bits per heavy atom. The molecule has 1 aromatic heterocycles. The van der Waals surface area contributed by atoms with E-state index in [1.807, 2.05) is 4.90 Å². The summed E-state index contributed by atoms with van der Waals surface area (Å²) in [7, 11) is 0. The summed E-state index contributed by atoms with van der Waals surface area (Å²) in [5, 5.41) is 0. The molecule has 3 saturated carbocycles. The molecule has 31 heavy (non-hydrogen) atoms. The van der Waals surface area contributed by atoms with Gasteiger partial charge in [0.15, 0.2) is 0 Å². The number of piperazine rings is 1. The van der Waals surface area contributed by atoms with Crippen molar-refractivity contribution in [3.05, 3.63) is 18.1 Å². The minimum atomic E-state index is 0.136. The Labute approximate surface area is 184 Å². The fraction of sp³-hybridized carbons (Fsp3) is 0.783. The first kappa shape index (κ1) is 19.9. The van der Waals surface area contributed by atoms with Crippen LogP contribution in [0.5, 0.6) is 0 Å². The molecule has 8 nitrogen and oxygen atoms in total. The number of hydrogen-bond donors (Lipinski definition) is 2. The van der Waals surface area contributed by atoms with Crippen LogP contribution < -0.4 is 15.8 Å². The summed E-state index contributed by atoms with van der Waals surface area (Å²) in [6.45, 7) is 5.51. The van der Waals surface area contributed by atoms with E-state index in [-0.39, 0.29) is 11.6 Å². The van der Waals surface area contributed by atoms with Crippen molar-refractivity contribution >= 4 is 11.7 Å². The van der Waals surface area contributed by atoms with E-state index in [0.29, 0.717) is 29.9 Å². The van der Waals surface area contributed by atoms with Crippen LogP contribution in [0.15, 0.2) is 12.4 Å². The molecule has 5 fully saturated rings. The van der Waals surface area contributed by atoms with Gasteiger partial charge in [-0.25, -0.2) is 15.4 Å². The van der Waals surface area contributed by atoms with Crippen LogP contribution in [0, 0.1) is 11.8 Å². The van der Waals surface area contributed by atoms with E-state index < -0.39 is 0 Å². The van der Waals surface area contributed by atoms with E-state index in [0.717, 1.165) is 69.8 Å². The summed E-state index contributed by atoms with van der Waals surface area (Å²) >= 11 is 0. The van der Waals surface area contributed by atoms with E-state index in [1.165, 1.54) is 12.8 Å². The summed E-state index contributed by atoms with van der Waals surface area (Å²) in [6.07, 6.45) is 9.96. The number of hydrazine groups is 1. The number of aromatic nitrogens is 2. The Morgan fingerprint density at radius 3 is 2.65 bits per heavy atom. The smallest absolute Gasteiger partial charge is 0.225 e. The van der Waals surface area contributed by atoms with Gasteiger partial charge in [0.1, 0.15) is 12.1 Å². The Morgan fingerprint density at radius 1 is 1.10 bits per heavy atom. The number of carbonyl (C=O) groups is 1. The van der Waals surface area contributed by atoms with Crippen LogP contribution in [0.3, 0.4) is 0 Å². The number of nitrogens with one attached hydrogen (secondary N) is 2. The van der Waals surface area contributed by atoms with Crippen molar-refractivity contribution in [1.29, 1.82) is 0 Å². The number of anilines is 1. The largest absolute Gasteiger partial charge is 0.372 e. The molecule has 3 heterocycles. The lowest BCUT2D eigenvalue weighted by molar-refractivity contribution is -0.132. The minimum absolute atomic E-state index is 0.136. The topological polar surface area (TPSA) is 82.6 Å². The molecule has 4 unspecified atom stereocenters. The molecular formula is C23H34N6O2. The molecule has 168 valence electrons. The van der Waals surface area contributed by atoms with E-state index >= 15 is 0 Å². The number of hydrogen-bond acceptors (Lipinski definition) is 7. The summed E-state index contributed by atoms with van der Waals surface area (Å²) in [6, 6.07) is 2.81. The number of rotatable bonds is 5. The summed E-state index contributed by atoms with van der Waals surface area (Å²) in [5.41, 5.74) is 8.23. The molecular weight excluding hydrogens is 392 g/mol. The van der Waals surface area contributed by atoms with Crippen LogP contribution in [0.25, 0.3) is 0 Å². The average Bonchev–Trinajstić information content (AvgIpc) is 3.72. The number of carbonyl (C=O) groups excluding carboxylic acids is 1. The highest BCUT2D eigenvalue weighted by Gasteiger charge is 2.46. The minimum Gasteiger partial charge on any atom is -0.372 e. The fourth-order valence-corrected chi connectivity index (χ4v) is 5.56. The van der Waals surface area contributed by atoms with E-state index in [1.54, 1.807) is 6.33 Å². The lowest BCUT2D eigenvalue weighted by Crippen LogP contribution is -2.49. The number of fused-ring (bicyclic) bond motifs is 1. The number of nitrogens with zero attached hydrogens (tertiary/aromatic N) is 4. The predicted octanol–water partition coefficient (Wildman–Crippen LogP) is 1.79. The molecule has 2 aliphatic heterocycles. The lowest BCUT2D eigenvalue weighted by Gasteiger charge is -2.36. The zero-order valence-electron chi connectivity index (χ0n) is 18.4. The summed E-state index contributed by atoms with van der Waals surface area (Å²) in [5.74, 6) is 2.11. The van der Waals surface area contributed by atoms with Gasteiger partial charge in [0.25, 0.3) is 0 Å². The van der Waals surface area contributed by atoms with Crippen LogP contribution in [0.4, 0.5) is 5.82 Å². The van der Waals surface area contributed by atoms with E-state index in [2.05, 4.69) is 38.7 Å². The maximum Gasteiger partial charge on any atom is 0.225 e. The third kappa shape index (κ3) is 4.05. The first-order valence-corrected chi connectivity index (χ1v) is 12.1. The number of ether oxygens (including phenoxy) is 1. The molecule has 8 heteroatoms. The highest BCUT2D eigenvalue weighted by Crippen LogP contribution is 2.45. The van der Waals surface area contributed by atoms with Gasteiger partial charge < -0.3 is 14.5 Å². The van der Waals surface area contributed by atoms with Crippen molar-refractivity contribution in [1.82, 2.24) is 25.7 Å². The second-order valence-electron chi connectivity index (χ2n) is 10.4. The van der Waals surface area contributed by atoms with Crippen LogP contribution in [0.2, 0.25) is 0 Å². The quantitative estimate of drug-likeness (QED) is 0.743. The van der Waals surface area contributed by atoms with E-state index in [4.69, 9.17) is 4.74 Å². The molecule has 6 rings (SSSR count). The maximum atomic E-state index is 12.3. The first-order valence-electron chi connectivity index (χ1n) is 12.1. The van der Waals surface area contributed by atoms with Crippen molar-refractivity contribution in [3.63, 3.8) is 0 Å². The highest BCUT2D eigenvalue weighted by atomic mass is 16.5. The van der Waals surface area contributed by atoms with Crippen molar-refractivity contribution in [2.24, 2.45) is 11.8 Å². The van der Waals surface area contributed by atoms with Gasteiger partial charge in [0, 0.05) is 50.1 Å². The normalized spacial score (nSPS) is 34.5. The molecule has 0 radical (unpaired) electrons. The number of amides is 1. The van der Waals surface area contributed by atoms with Crippen LogP contribution in [-0.4, -0.2) is 64.7 Å². The molecule has 2 N–H and O–H groups in total. The van der Waals surface area contributed by atoms with Gasteiger partial charge in [-0.15, -0.1) is 0 Å². The van der Waals surface area contributed by atoms with Gasteiger partial charge in [-0.2, -0.15) is 0 Å². The molecule has 2 saturated heterocycles. The predicted molar refractivity (Wildman–Crippen MR) is 116 cm³/mol. The van der Waals surface area contributed by atoms with Gasteiger partial charge in [-0.05, 0) is 51.9 Å².